The van der Waals surface area contributed by atoms with Crippen molar-refractivity contribution in [3.63, 3.8) is 0 Å². The van der Waals surface area contributed by atoms with Gasteiger partial charge in [0.2, 0.25) is 0 Å². The van der Waals surface area contributed by atoms with Crippen LogP contribution in [0.1, 0.15) is 24.0 Å². The van der Waals surface area contributed by atoms with E-state index in [-0.39, 0.29) is 12.4 Å². The van der Waals surface area contributed by atoms with E-state index < -0.39 is 0 Å². The summed E-state index contributed by atoms with van der Waals surface area (Å²) in [5, 5.41) is 8.70. The molecule has 0 radical (unpaired) electrons. The lowest BCUT2D eigenvalue weighted by Gasteiger charge is -2.19. The van der Waals surface area contributed by atoms with Gasteiger partial charge in [0.15, 0.2) is 0 Å². The Balaban J connectivity index is 2.04. The average Bonchev–Trinajstić information content (AvgIpc) is 2.71. The van der Waals surface area contributed by atoms with Crippen molar-refractivity contribution in [3.8, 4) is 11.8 Å². The highest BCUT2D eigenvalue weighted by molar-refractivity contribution is 5.38. The summed E-state index contributed by atoms with van der Waals surface area (Å²) in [6, 6.07) is 5.07. The van der Waals surface area contributed by atoms with Crippen molar-refractivity contribution in [3.05, 3.63) is 35.1 Å². The van der Waals surface area contributed by atoms with E-state index >= 15 is 0 Å². The van der Waals surface area contributed by atoms with E-state index in [9.17, 15) is 4.39 Å². The summed E-state index contributed by atoms with van der Waals surface area (Å²) in [7, 11) is 0. The first-order valence-electron chi connectivity index (χ1n) is 6.98. The number of hydrogen-bond acceptors (Lipinski definition) is 3. The van der Waals surface area contributed by atoms with Crippen LogP contribution in [0, 0.1) is 17.7 Å². The summed E-state index contributed by atoms with van der Waals surface area (Å²) in [5.41, 5.74) is 1.46. The van der Waals surface area contributed by atoms with Gasteiger partial charge in [0, 0.05) is 32.7 Å². The minimum Gasteiger partial charge on any atom is -0.395 e. The Hall–Kier alpha value is -1.41. The Kier molecular flexibility index (Phi) is 6.00. The summed E-state index contributed by atoms with van der Waals surface area (Å²) in [6.07, 6.45) is 1.40. The van der Waals surface area contributed by atoms with E-state index in [1.807, 2.05) is 0 Å². The van der Waals surface area contributed by atoms with Crippen molar-refractivity contribution in [2.75, 3.05) is 32.9 Å². The summed E-state index contributed by atoms with van der Waals surface area (Å²) < 4.78 is 19.1. The SMILES string of the molecule is OCCC#Cc1cc(CN2CCCOCC2)ccc1F. The first kappa shape index (κ1) is 15.0. The molecule has 1 N–H and O–H groups in total. The summed E-state index contributed by atoms with van der Waals surface area (Å²) in [4.78, 5) is 2.31. The number of aliphatic hydroxyl groups excluding tert-OH is 1. The minimum atomic E-state index is -0.307. The molecule has 1 saturated heterocycles. The quantitative estimate of drug-likeness (QED) is 0.855. The predicted molar refractivity (Wildman–Crippen MR) is 75.7 cm³/mol. The van der Waals surface area contributed by atoms with Gasteiger partial charge in [-0.25, -0.2) is 4.39 Å². The number of halogens is 1. The molecule has 2 rings (SSSR count). The second kappa shape index (κ2) is 8.01. The standard InChI is InChI=1S/C16H20FNO2/c17-16-6-5-14(12-15(16)4-1-2-9-19)13-18-7-3-10-20-11-8-18/h5-6,12,19H,2-3,7-11,13H2. The van der Waals surface area contributed by atoms with Crippen molar-refractivity contribution in [2.24, 2.45) is 0 Å². The van der Waals surface area contributed by atoms with E-state index in [4.69, 9.17) is 9.84 Å². The van der Waals surface area contributed by atoms with E-state index in [0.29, 0.717) is 12.0 Å². The van der Waals surface area contributed by atoms with Crippen molar-refractivity contribution in [1.82, 2.24) is 4.90 Å². The number of hydrogen-bond donors (Lipinski definition) is 1. The largest absolute Gasteiger partial charge is 0.395 e. The zero-order valence-electron chi connectivity index (χ0n) is 11.6. The van der Waals surface area contributed by atoms with E-state index in [0.717, 1.165) is 44.8 Å². The molecule has 0 amide bonds. The predicted octanol–water partition coefficient (Wildman–Crippen LogP) is 1.78. The highest BCUT2D eigenvalue weighted by atomic mass is 19.1. The molecule has 0 spiro atoms. The van der Waals surface area contributed by atoms with Crippen LogP contribution in [0.5, 0.6) is 0 Å². The van der Waals surface area contributed by atoms with Gasteiger partial charge in [0.1, 0.15) is 5.82 Å². The normalized spacial score (nSPS) is 16.3. The first-order valence-corrected chi connectivity index (χ1v) is 6.98. The second-order valence-corrected chi connectivity index (χ2v) is 4.83. The third-order valence-corrected chi connectivity index (χ3v) is 3.21. The van der Waals surface area contributed by atoms with Gasteiger partial charge in [-0.2, -0.15) is 0 Å². The number of rotatable bonds is 3. The zero-order valence-corrected chi connectivity index (χ0v) is 11.6. The van der Waals surface area contributed by atoms with Gasteiger partial charge in [-0.1, -0.05) is 17.9 Å². The molecule has 0 bridgehead atoms. The highest BCUT2D eigenvalue weighted by Crippen LogP contribution is 2.13. The molecule has 1 fully saturated rings. The van der Waals surface area contributed by atoms with Crippen LogP contribution < -0.4 is 0 Å². The van der Waals surface area contributed by atoms with Crippen LogP contribution in [0.15, 0.2) is 18.2 Å². The fraction of sp³-hybridized carbons (Fsp3) is 0.500. The van der Waals surface area contributed by atoms with Gasteiger partial charge in [-0.3, -0.25) is 4.90 Å². The maximum Gasteiger partial charge on any atom is 0.138 e. The van der Waals surface area contributed by atoms with Gasteiger partial charge >= 0.3 is 0 Å². The molecule has 0 aliphatic carbocycles. The van der Waals surface area contributed by atoms with Crippen LogP contribution >= 0.6 is 0 Å². The number of aliphatic hydroxyl groups is 1. The Labute approximate surface area is 119 Å². The van der Waals surface area contributed by atoms with Crippen LogP contribution in [0.2, 0.25) is 0 Å². The Morgan fingerprint density at radius 2 is 2.20 bits per heavy atom. The molecule has 0 aromatic heterocycles. The van der Waals surface area contributed by atoms with Gasteiger partial charge in [-0.05, 0) is 24.1 Å². The maximum atomic E-state index is 13.6. The molecule has 3 nitrogen and oxygen atoms in total. The molecule has 1 aromatic rings. The molecule has 1 aliphatic heterocycles. The van der Waals surface area contributed by atoms with Crippen molar-refractivity contribution < 1.29 is 14.2 Å². The molecular formula is C16H20FNO2. The van der Waals surface area contributed by atoms with E-state index in [1.54, 1.807) is 12.1 Å². The number of nitrogens with zero attached hydrogens (tertiary/aromatic N) is 1. The van der Waals surface area contributed by atoms with E-state index in [1.165, 1.54) is 6.07 Å². The fourth-order valence-corrected chi connectivity index (χ4v) is 2.19. The third-order valence-electron chi connectivity index (χ3n) is 3.21. The third kappa shape index (κ3) is 4.61. The summed E-state index contributed by atoms with van der Waals surface area (Å²) in [6.45, 7) is 4.27. The Morgan fingerprint density at radius 3 is 3.05 bits per heavy atom. The van der Waals surface area contributed by atoms with Crippen LogP contribution in [-0.4, -0.2) is 42.9 Å². The first-order chi connectivity index (χ1) is 9.79. The smallest absolute Gasteiger partial charge is 0.138 e. The van der Waals surface area contributed by atoms with Crippen LogP contribution in [0.3, 0.4) is 0 Å². The number of ether oxygens (including phenoxy) is 1. The lowest BCUT2D eigenvalue weighted by molar-refractivity contribution is 0.140. The second-order valence-electron chi connectivity index (χ2n) is 4.83. The molecule has 20 heavy (non-hydrogen) atoms. The van der Waals surface area contributed by atoms with Crippen molar-refractivity contribution in [2.45, 2.75) is 19.4 Å². The minimum absolute atomic E-state index is 0.00207. The molecule has 108 valence electrons. The van der Waals surface area contributed by atoms with E-state index in [2.05, 4.69) is 16.7 Å². The molecular weight excluding hydrogens is 257 g/mol. The average molecular weight is 277 g/mol. The van der Waals surface area contributed by atoms with Crippen LogP contribution in [0.4, 0.5) is 4.39 Å². The molecule has 0 atom stereocenters. The summed E-state index contributed by atoms with van der Waals surface area (Å²) in [5.74, 6) is 5.23. The monoisotopic (exact) mass is 277 g/mol. The van der Waals surface area contributed by atoms with Crippen molar-refractivity contribution in [1.29, 1.82) is 0 Å². The Morgan fingerprint density at radius 1 is 1.30 bits per heavy atom. The van der Waals surface area contributed by atoms with Crippen LogP contribution in [0.25, 0.3) is 0 Å². The molecule has 1 aliphatic rings. The lowest BCUT2D eigenvalue weighted by Crippen LogP contribution is -2.25. The fourth-order valence-electron chi connectivity index (χ4n) is 2.19. The molecule has 1 aromatic carbocycles. The molecule has 0 unspecified atom stereocenters. The number of benzene rings is 1. The topological polar surface area (TPSA) is 32.7 Å². The van der Waals surface area contributed by atoms with Gasteiger partial charge < -0.3 is 9.84 Å². The highest BCUT2D eigenvalue weighted by Gasteiger charge is 2.10. The molecule has 1 heterocycles. The van der Waals surface area contributed by atoms with Gasteiger partial charge in [0.05, 0.1) is 18.8 Å². The van der Waals surface area contributed by atoms with Gasteiger partial charge in [-0.15, -0.1) is 0 Å². The lowest BCUT2D eigenvalue weighted by atomic mass is 10.1. The Bertz CT molecular complexity index is 485. The maximum absolute atomic E-state index is 13.6. The molecule has 4 heteroatoms. The molecule has 0 saturated carbocycles. The van der Waals surface area contributed by atoms with Crippen molar-refractivity contribution >= 4 is 0 Å². The summed E-state index contributed by atoms with van der Waals surface area (Å²) >= 11 is 0. The van der Waals surface area contributed by atoms with Gasteiger partial charge in [0.25, 0.3) is 0 Å². The van der Waals surface area contributed by atoms with Crippen LogP contribution in [-0.2, 0) is 11.3 Å². The zero-order chi connectivity index (χ0) is 14.2.